The number of phenols is 1. The maximum absolute atomic E-state index is 13.0. The van der Waals surface area contributed by atoms with Crippen molar-refractivity contribution >= 4 is 5.97 Å². The molecule has 17 heavy (non-hydrogen) atoms. The maximum Gasteiger partial charge on any atom is 0.336 e. The second-order valence-corrected chi connectivity index (χ2v) is 3.55. The normalized spacial score (nSPS) is 10.2. The van der Waals surface area contributed by atoms with Crippen LogP contribution in [-0.2, 0) is 0 Å². The summed E-state index contributed by atoms with van der Waals surface area (Å²) in [6, 6.07) is 9.69. The van der Waals surface area contributed by atoms with Crippen molar-refractivity contribution in [3.05, 3.63) is 53.8 Å². The summed E-state index contributed by atoms with van der Waals surface area (Å²) >= 11 is 0. The second kappa shape index (κ2) is 4.25. The number of carboxylic acids is 1. The van der Waals surface area contributed by atoms with E-state index in [0.29, 0.717) is 11.1 Å². The average molecular weight is 232 g/mol. The molecule has 0 bridgehead atoms. The molecular formula is C13H9FO3. The number of hydrogen-bond acceptors (Lipinski definition) is 2. The van der Waals surface area contributed by atoms with E-state index in [4.69, 9.17) is 5.11 Å². The molecule has 2 aromatic rings. The smallest absolute Gasteiger partial charge is 0.336 e. The van der Waals surface area contributed by atoms with Gasteiger partial charge in [-0.25, -0.2) is 9.18 Å². The van der Waals surface area contributed by atoms with Crippen LogP contribution in [0.2, 0.25) is 0 Å². The third-order valence-corrected chi connectivity index (χ3v) is 2.37. The van der Waals surface area contributed by atoms with Gasteiger partial charge in [0.2, 0.25) is 0 Å². The Labute approximate surface area is 96.8 Å². The molecule has 0 amide bonds. The first-order chi connectivity index (χ1) is 8.08. The topological polar surface area (TPSA) is 57.5 Å². The summed E-state index contributed by atoms with van der Waals surface area (Å²) in [5.41, 5.74) is 0.771. The van der Waals surface area contributed by atoms with Crippen molar-refractivity contribution in [2.45, 2.75) is 0 Å². The van der Waals surface area contributed by atoms with Crippen LogP contribution in [0.3, 0.4) is 0 Å². The number of carboxylic acid groups (broad SMARTS) is 1. The summed E-state index contributed by atoms with van der Waals surface area (Å²) in [7, 11) is 0. The van der Waals surface area contributed by atoms with E-state index in [9.17, 15) is 14.3 Å². The van der Waals surface area contributed by atoms with Crippen LogP contribution in [0.15, 0.2) is 42.5 Å². The van der Waals surface area contributed by atoms with Crippen LogP contribution >= 0.6 is 0 Å². The first kappa shape index (κ1) is 11.1. The summed E-state index contributed by atoms with van der Waals surface area (Å²) in [5, 5.41) is 18.3. The second-order valence-electron chi connectivity index (χ2n) is 3.55. The Morgan fingerprint density at radius 1 is 1.12 bits per heavy atom. The summed E-state index contributed by atoms with van der Waals surface area (Å²) in [4.78, 5) is 11.0. The number of aromatic hydroxyl groups is 1. The standard InChI is InChI=1S/C13H9FO3/c14-9-4-5-11(12(7-9)13(16)17)8-2-1-3-10(15)6-8/h1-7,15H,(H,16,17). The highest BCUT2D eigenvalue weighted by molar-refractivity contribution is 5.96. The van der Waals surface area contributed by atoms with Gasteiger partial charge in [-0.15, -0.1) is 0 Å². The molecule has 2 aromatic carbocycles. The van der Waals surface area contributed by atoms with E-state index in [1.807, 2.05) is 0 Å². The van der Waals surface area contributed by atoms with Crippen molar-refractivity contribution in [2.75, 3.05) is 0 Å². The fraction of sp³-hybridized carbons (Fsp3) is 0. The van der Waals surface area contributed by atoms with Crippen LogP contribution in [0.1, 0.15) is 10.4 Å². The minimum Gasteiger partial charge on any atom is -0.508 e. The van der Waals surface area contributed by atoms with Gasteiger partial charge in [0.1, 0.15) is 11.6 Å². The lowest BCUT2D eigenvalue weighted by atomic mass is 9.99. The Bertz CT molecular complexity index is 579. The molecular weight excluding hydrogens is 223 g/mol. The van der Waals surface area contributed by atoms with Crippen molar-refractivity contribution in [2.24, 2.45) is 0 Å². The molecule has 0 aliphatic heterocycles. The highest BCUT2D eigenvalue weighted by Gasteiger charge is 2.12. The predicted molar refractivity (Wildman–Crippen MR) is 60.5 cm³/mol. The Morgan fingerprint density at radius 3 is 2.53 bits per heavy atom. The van der Waals surface area contributed by atoms with Gasteiger partial charge < -0.3 is 10.2 Å². The fourth-order valence-electron chi connectivity index (χ4n) is 1.62. The molecule has 0 radical (unpaired) electrons. The van der Waals surface area contributed by atoms with E-state index < -0.39 is 11.8 Å². The van der Waals surface area contributed by atoms with Crippen LogP contribution in [-0.4, -0.2) is 16.2 Å². The van der Waals surface area contributed by atoms with Crippen molar-refractivity contribution < 1.29 is 19.4 Å². The van der Waals surface area contributed by atoms with E-state index in [0.717, 1.165) is 6.07 Å². The summed E-state index contributed by atoms with van der Waals surface area (Å²) in [6.07, 6.45) is 0. The zero-order chi connectivity index (χ0) is 12.4. The number of benzene rings is 2. The van der Waals surface area contributed by atoms with Crippen LogP contribution in [0.4, 0.5) is 4.39 Å². The first-order valence-electron chi connectivity index (χ1n) is 4.90. The van der Waals surface area contributed by atoms with Gasteiger partial charge in [0, 0.05) is 0 Å². The lowest BCUT2D eigenvalue weighted by molar-refractivity contribution is 0.0697. The first-order valence-corrected chi connectivity index (χ1v) is 4.90. The number of hydrogen-bond donors (Lipinski definition) is 2. The molecule has 0 fully saturated rings. The van der Waals surface area contributed by atoms with Crippen LogP contribution < -0.4 is 0 Å². The maximum atomic E-state index is 13.0. The molecule has 0 unspecified atom stereocenters. The van der Waals surface area contributed by atoms with Gasteiger partial charge in [-0.2, -0.15) is 0 Å². The van der Waals surface area contributed by atoms with Crippen LogP contribution in [0.5, 0.6) is 5.75 Å². The van der Waals surface area contributed by atoms with Gasteiger partial charge in [0.25, 0.3) is 0 Å². The lowest BCUT2D eigenvalue weighted by Crippen LogP contribution is -2.00. The Kier molecular flexibility index (Phi) is 2.78. The molecule has 0 saturated carbocycles. The Hall–Kier alpha value is -2.36. The number of phenolic OH excluding ortho intramolecular Hbond substituents is 1. The van der Waals surface area contributed by atoms with Crippen molar-refractivity contribution in [1.82, 2.24) is 0 Å². The molecule has 2 N–H and O–H groups in total. The molecule has 3 nitrogen and oxygen atoms in total. The molecule has 0 heterocycles. The van der Waals surface area contributed by atoms with E-state index in [-0.39, 0.29) is 11.3 Å². The number of rotatable bonds is 2. The number of halogens is 1. The van der Waals surface area contributed by atoms with Crippen LogP contribution in [0, 0.1) is 5.82 Å². The largest absolute Gasteiger partial charge is 0.508 e. The monoisotopic (exact) mass is 232 g/mol. The average Bonchev–Trinajstić information content (AvgIpc) is 2.28. The molecule has 0 spiro atoms. The molecule has 0 aromatic heterocycles. The molecule has 0 saturated heterocycles. The van der Waals surface area contributed by atoms with Gasteiger partial charge >= 0.3 is 5.97 Å². The molecule has 0 aliphatic rings. The third kappa shape index (κ3) is 2.25. The molecule has 2 rings (SSSR count). The van der Waals surface area contributed by atoms with Gasteiger partial charge in [-0.05, 0) is 35.4 Å². The highest BCUT2D eigenvalue weighted by Crippen LogP contribution is 2.27. The van der Waals surface area contributed by atoms with Gasteiger partial charge in [-0.1, -0.05) is 18.2 Å². The zero-order valence-corrected chi connectivity index (χ0v) is 8.72. The summed E-state index contributed by atoms with van der Waals surface area (Å²) in [6.45, 7) is 0. The summed E-state index contributed by atoms with van der Waals surface area (Å²) in [5.74, 6) is -1.78. The zero-order valence-electron chi connectivity index (χ0n) is 8.72. The van der Waals surface area contributed by atoms with Crippen molar-refractivity contribution in [3.63, 3.8) is 0 Å². The van der Waals surface area contributed by atoms with Gasteiger partial charge in [0.05, 0.1) is 5.56 Å². The van der Waals surface area contributed by atoms with Crippen LogP contribution in [0.25, 0.3) is 11.1 Å². The fourth-order valence-corrected chi connectivity index (χ4v) is 1.62. The third-order valence-electron chi connectivity index (χ3n) is 2.37. The summed E-state index contributed by atoms with van der Waals surface area (Å²) < 4.78 is 13.0. The number of aromatic carboxylic acids is 1. The van der Waals surface area contributed by atoms with E-state index in [1.165, 1.54) is 24.3 Å². The minimum absolute atomic E-state index is 0.0307. The van der Waals surface area contributed by atoms with E-state index >= 15 is 0 Å². The molecule has 86 valence electrons. The van der Waals surface area contributed by atoms with Gasteiger partial charge in [0.15, 0.2) is 0 Å². The Balaban J connectivity index is 2.63. The molecule has 0 atom stereocenters. The van der Waals surface area contributed by atoms with Crippen molar-refractivity contribution in [1.29, 1.82) is 0 Å². The molecule has 0 aliphatic carbocycles. The van der Waals surface area contributed by atoms with Crippen molar-refractivity contribution in [3.8, 4) is 16.9 Å². The van der Waals surface area contributed by atoms with E-state index in [2.05, 4.69) is 0 Å². The molecule has 4 heteroatoms. The SMILES string of the molecule is O=C(O)c1cc(F)ccc1-c1cccc(O)c1. The predicted octanol–water partition coefficient (Wildman–Crippen LogP) is 2.90. The lowest BCUT2D eigenvalue weighted by Gasteiger charge is -2.06. The minimum atomic E-state index is -1.21. The highest BCUT2D eigenvalue weighted by atomic mass is 19.1. The van der Waals surface area contributed by atoms with Gasteiger partial charge in [-0.3, -0.25) is 0 Å². The Morgan fingerprint density at radius 2 is 1.88 bits per heavy atom. The number of carbonyl (C=O) groups is 1. The quantitative estimate of drug-likeness (QED) is 0.836. The van der Waals surface area contributed by atoms with E-state index in [1.54, 1.807) is 12.1 Å².